The topological polar surface area (TPSA) is 96.0 Å². The Balaban J connectivity index is 2.30. The predicted molar refractivity (Wildman–Crippen MR) is 158 cm³/mol. The SMILES string of the molecule is CCOc1ccccc1N(CCCC(=O)N(Cc1c(Cl)cccc1Cl)C(CC)C(=O)NCC(C)C)S(C)(=O)=O. The Morgan fingerprint density at radius 3 is 2.23 bits per heavy atom. The minimum Gasteiger partial charge on any atom is -0.492 e. The number of para-hydroxylation sites is 2. The van der Waals surface area contributed by atoms with Gasteiger partial charge < -0.3 is 15.0 Å². The molecule has 8 nitrogen and oxygen atoms in total. The Bertz CT molecular complexity index is 1200. The van der Waals surface area contributed by atoms with Crippen molar-refractivity contribution in [1.82, 2.24) is 10.2 Å². The summed E-state index contributed by atoms with van der Waals surface area (Å²) in [6, 6.07) is 11.2. The second-order valence-corrected chi connectivity index (χ2v) is 12.3. The second kappa shape index (κ2) is 15.3. The molecule has 0 aromatic heterocycles. The quantitative estimate of drug-likeness (QED) is 0.291. The fraction of sp³-hybridized carbons (Fsp3) is 0.500. The summed E-state index contributed by atoms with van der Waals surface area (Å²) in [7, 11) is -3.66. The molecule has 39 heavy (non-hydrogen) atoms. The number of halogens is 2. The van der Waals surface area contributed by atoms with E-state index in [0.717, 1.165) is 6.26 Å². The molecule has 0 aliphatic heterocycles. The van der Waals surface area contributed by atoms with Crippen LogP contribution in [-0.2, 0) is 26.2 Å². The Labute approximate surface area is 242 Å². The molecule has 0 aliphatic rings. The fourth-order valence-corrected chi connectivity index (χ4v) is 5.60. The highest BCUT2D eigenvalue weighted by atomic mass is 35.5. The zero-order chi connectivity index (χ0) is 29.2. The Kier molecular flexibility index (Phi) is 12.9. The summed E-state index contributed by atoms with van der Waals surface area (Å²) in [5.74, 6) is 0.130. The van der Waals surface area contributed by atoms with Crippen molar-refractivity contribution in [1.29, 1.82) is 0 Å². The number of carbonyl (C=O) groups is 2. The number of hydrogen-bond acceptors (Lipinski definition) is 5. The largest absolute Gasteiger partial charge is 0.492 e. The van der Waals surface area contributed by atoms with Crippen molar-refractivity contribution in [3.8, 4) is 5.75 Å². The summed E-state index contributed by atoms with van der Waals surface area (Å²) in [4.78, 5) is 28.2. The van der Waals surface area contributed by atoms with Crippen LogP contribution in [0.25, 0.3) is 0 Å². The highest BCUT2D eigenvalue weighted by molar-refractivity contribution is 7.92. The summed E-state index contributed by atoms with van der Waals surface area (Å²) in [6.45, 7) is 8.61. The van der Waals surface area contributed by atoms with E-state index < -0.39 is 16.1 Å². The van der Waals surface area contributed by atoms with Crippen molar-refractivity contribution in [2.24, 2.45) is 5.92 Å². The van der Waals surface area contributed by atoms with E-state index >= 15 is 0 Å². The van der Waals surface area contributed by atoms with Crippen LogP contribution in [0.1, 0.15) is 52.5 Å². The first-order chi connectivity index (χ1) is 18.4. The van der Waals surface area contributed by atoms with E-state index in [4.69, 9.17) is 27.9 Å². The molecule has 0 radical (unpaired) electrons. The number of carbonyl (C=O) groups excluding carboxylic acids is 2. The van der Waals surface area contributed by atoms with Crippen molar-refractivity contribution in [3.05, 3.63) is 58.1 Å². The number of ether oxygens (including phenoxy) is 1. The van der Waals surface area contributed by atoms with Crippen molar-refractivity contribution in [2.75, 3.05) is 30.3 Å². The number of anilines is 1. The molecule has 0 fully saturated rings. The zero-order valence-corrected chi connectivity index (χ0v) is 25.6. The number of hydrogen-bond donors (Lipinski definition) is 1. The highest BCUT2D eigenvalue weighted by Crippen LogP contribution is 2.31. The zero-order valence-electron chi connectivity index (χ0n) is 23.2. The minimum absolute atomic E-state index is 0.0128. The average molecular weight is 601 g/mol. The van der Waals surface area contributed by atoms with E-state index in [0.29, 0.717) is 46.6 Å². The van der Waals surface area contributed by atoms with E-state index in [9.17, 15) is 18.0 Å². The Morgan fingerprint density at radius 1 is 1.03 bits per heavy atom. The van der Waals surface area contributed by atoms with E-state index in [1.54, 1.807) is 42.5 Å². The number of benzene rings is 2. The number of sulfonamides is 1. The standard InChI is InChI=1S/C28H39Cl2N3O5S/c1-6-24(28(35)31-18-20(3)4)32(19-21-22(29)12-10-13-23(21)30)27(34)16-11-17-33(39(5,36)37)25-14-8-9-15-26(25)38-7-2/h8-10,12-15,20,24H,6-7,11,16-19H2,1-5H3,(H,31,35). The van der Waals surface area contributed by atoms with Gasteiger partial charge in [-0.05, 0) is 49.9 Å². The molecule has 0 saturated heterocycles. The van der Waals surface area contributed by atoms with Gasteiger partial charge in [-0.25, -0.2) is 8.42 Å². The van der Waals surface area contributed by atoms with Gasteiger partial charge in [-0.3, -0.25) is 13.9 Å². The molecule has 11 heteroatoms. The lowest BCUT2D eigenvalue weighted by atomic mass is 10.1. The van der Waals surface area contributed by atoms with Gasteiger partial charge in [0.25, 0.3) is 0 Å². The van der Waals surface area contributed by atoms with Crippen LogP contribution in [0.4, 0.5) is 5.69 Å². The molecule has 1 atom stereocenters. The monoisotopic (exact) mass is 599 g/mol. The van der Waals surface area contributed by atoms with Crippen molar-refractivity contribution >= 4 is 50.7 Å². The number of nitrogens with one attached hydrogen (secondary N) is 1. The normalized spacial score (nSPS) is 12.2. The molecule has 2 aromatic carbocycles. The smallest absolute Gasteiger partial charge is 0.242 e. The first kappa shape index (κ1) is 32.7. The molecule has 0 heterocycles. The van der Waals surface area contributed by atoms with Crippen LogP contribution in [0, 0.1) is 5.92 Å². The third-order valence-electron chi connectivity index (χ3n) is 6.05. The van der Waals surface area contributed by atoms with Crippen molar-refractivity contribution in [2.45, 2.75) is 59.5 Å². The van der Waals surface area contributed by atoms with Gasteiger partial charge in [-0.1, -0.05) is 62.2 Å². The molecule has 216 valence electrons. The molecule has 0 spiro atoms. The maximum Gasteiger partial charge on any atom is 0.242 e. The maximum atomic E-state index is 13.6. The summed E-state index contributed by atoms with van der Waals surface area (Å²) < 4.78 is 32.2. The molecule has 0 aliphatic carbocycles. The predicted octanol–water partition coefficient (Wildman–Crippen LogP) is 5.52. The number of nitrogens with zero attached hydrogens (tertiary/aromatic N) is 2. The van der Waals surface area contributed by atoms with Gasteiger partial charge in [0.1, 0.15) is 11.8 Å². The van der Waals surface area contributed by atoms with Crippen LogP contribution in [0.5, 0.6) is 5.75 Å². The van der Waals surface area contributed by atoms with E-state index in [2.05, 4.69) is 5.32 Å². The molecule has 2 aromatic rings. The van der Waals surface area contributed by atoms with Crippen LogP contribution in [0.3, 0.4) is 0 Å². The molecular formula is C28H39Cl2N3O5S. The Hall–Kier alpha value is -2.49. The fourth-order valence-electron chi connectivity index (χ4n) is 4.12. The molecule has 1 unspecified atom stereocenters. The summed E-state index contributed by atoms with van der Waals surface area (Å²) in [5, 5.41) is 3.71. The second-order valence-electron chi connectivity index (χ2n) is 9.62. The molecular weight excluding hydrogens is 561 g/mol. The van der Waals surface area contributed by atoms with Crippen LogP contribution in [0.15, 0.2) is 42.5 Å². The molecule has 0 bridgehead atoms. The summed E-state index contributed by atoms with van der Waals surface area (Å²) >= 11 is 12.8. The van der Waals surface area contributed by atoms with Crippen molar-refractivity contribution in [3.63, 3.8) is 0 Å². The molecule has 1 N–H and O–H groups in total. The van der Waals surface area contributed by atoms with Gasteiger partial charge in [0.2, 0.25) is 21.8 Å². The van der Waals surface area contributed by atoms with Crippen LogP contribution >= 0.6 is 23.2 Å². The lowest BCUT2D eigenvalue weighted by Crippen LogP contribution is -2.49. The van der Waals surface area contributed by atoms with Gasteiger partial charge in [0.05, 0.1) is 18.6 Å². The summed E-state index contributed by atoms with van der Waals surface area (Å²) in [6.07, 6.45) is 1.74. The minimum atomic E-state index is -3.66. The van der Waals surface area contributed by atoms with Crippen LogP contribution < -0.4 is 14.4 Å². The van der Waals surface area contributed by atoms with Gasteiger partial charge in [-0.15, -0.1) is 0 Å². The van der Waals surface area contributed by atoms with Crippen LogP contribution in [0.2, 0.25) is 10.0 Å². The third kappa shape index (κ3) is 9.58. The molecule has 2 rings (SSSR count). The van der Waals surface area contributed by atoms with Gasteiger partial charge in [-0.2, -0.15) is 0 Å². The highest BCUT2D eigenvalue weighted by Gasteiger charge is 2.30. The molecule has 0 saturated carbocycles. The lowest BCUT2D eigenvalue weighted by Gasteiger charge is -2.32. The third-order valence-corrected chi connectivity index (χ3v) is 7.93. The maximum absolute atomic E-state index is 13.6. The lowest BCUT2D eigenvalue weighted by molar-refractivity contribution is -0.141. The average Bonchev–Trinajstić information content (AvgIpc) is 2.86. The number of rotatable bonds is 15. The van der Waals surface area contributed by atoms with E-state index in [-0.39, 0.29) is 43.7 Å². The van der Waals surface area contributed by atoms with Gasteiger partial charge >= 0.3 is 0 Å². The van der Waals surface area contributed by atoms with E-state index in [1.165, 1.54) is 9.21 Å². The number of amides is 2. The van der Waals surface area contributed by atoms with E-state index in [1.807, 2.05) is 27.7 Å². The summed E-state index contributed by atoms with van der Waals surface area (Å²) in [5.41, 5.74) is 0.959. The van der Waals surface area contributed by atoms with Gasteiger partial charge in [0, 0.05) is 41.7 Å². The van der Waals surface area contributed by atoms with Crippen LogP contribution in [-0.4, -0.2) is 57.1 Å². The molecule has 2 amide bonds. The Morgan fingerprint density at radius 2 is 1.67 bits per heavy atom. The first-order valence-corrected chi connectivity index (χ1v) is 15.7. The van der Waals surface area contributed by atoms with Gasteiger partial charge in [0.15, 0.2) is 0 Å². The van der Waals surface area contributed by atoms with Crippen molar-refractivity contribution < 1.29 is 22.7 Å². The first-order valence-electron chi connectivity index (χ1n) is 13.1.